The summed E-state index contributed by atoms with van der Waals surface area (Å²) in [4.78, 5) is 14.0. The number of hydrogen-bond acceptors (Lipinski definition) is 3. The maximum atomic E-state index is 14.0. The van der Waals surface area contributed by atoms with E-state index in [1.807, 2.05) is 0 Å². The van der Waals surface area contributed by atoms with Gasteiger partial charge in [0.2, 0.25) is 0 Å². The molecule has 2 aliphatic rings. The topological polar surface area (TPSA) is 49.8 Å². The summed E-state index contributed by atoms with van der Waals surface area (Å²) < 4.78 is 32.6. The molecule has 6 heteroatoms. The molecule has 0 bridgehead atoms. The maximum Gasteiger partial charge on any atom is 0.253 e. The highest BCUT2D eigenvalue weighted by Gasteiger charge is 2.38. The molecule has 0 unspecified atom stereocenters. The minimum Gasteiger partial charge on any atom is -0.501 e. The number of likely N-dealkylation sites (tertiary alicyclic amines) is 1. The zero-order valence-corrected chi connectivity index (χ0v) is 12.0. The lowest BCUT2D eigenvalue weighted by molar-refractivity contribution is -0.129. The smallest absolute Gasteiger partial charge is 0.253 e. The van der Waals surface area contributed by atoms with Crippen molar-refractivity contribution in [1.82, 2.24) is 4.90 Å². The molecule has 1 amide bonds. The van der Waals surface area contributed by atoms with Gasteiger partial charge in [-0.25, -0.2) is 8.78 Å². The predicted molar refractivity (Wildman–Crippen MR) is 74.7 cm³/mol. The van der Waals surface area contributed by atoms with Crippen LogP contribution in [0.1, 0.15) is 30.9 Å². The first kappa shape index (κ1) is 15.0. The molecule has 0 aromatic heterocycles. The molecule has 0 saturated carbocycles. The molecule has 0 aliphatic carbocycles. The third kappa shape index (κ3) is 2.83. The zero-order valence-electron chi connectivity index (χ0n) is 12.0. The van der Waals surface area contributed by atoms with Gasteiger partial charge in [-0.2, -0.15) is 0 Å². The van der Waals surface area contributed by atoms with Gasteiger partial charge in [-0.15, -0.1) is 0 Å². The van der Waals surface area contributed by atoms with E-state index in [0.717, 1.165) is 24.6 Å². The largest absolute Gasteiger partial charge is 0.501 e. The van der Waals surface area contributed by atoms with Crippen molar-refractivity contribution >= 4 is 5.91 Å². The van der Waals surface area contributed by atoms with Crippen LogP contribution >= 0.6 is 0 Å². The fraction of sp³-hybridized carbons (Fsp3) is 0.438. The van der Waals surface area contributed by atoms with Crippen LogP contribution in [0.3, 0.4) is 0 Å². The molecule has 1 fully saturated rings. The van der Waals surface area contributed by atoms with Crippen LogP contribution in [-0.2, 0) is 9.53 Å². The molecule has 2 heterocycles. The normalized spacial score (nSPS) is 24.9. The summed E-state index contributed by atoms with van der Waals surface area (Å²) in [6.45, 7) is 0.679. The average molecular weight is 309 g/mol. The number of hydrogen-bond donors (Lipinski definition) is 1. The van der Waals surface area contributed by atoms with E-state index in [2.05, 4.69) is 0 Å². The Hall–Kier alpha value is -1.95. The lowest BCUT2D eigenvalue weighted by Crippen LogP contribution is -2.34. The molecule has 4 nitrogen and oxygen atoms in total. The van der Waals surface area contributed by atoms with Crippen molar-refractivity contribution in [3.63, 3.8) is 0 Å². The third-order valence-corrected chi connectivity index (χ3v) is 4.07. The van der Waals surface area contributed by atoms with E-state index in [9.17, 15) is 18.7 Å². The molecule has 1 N–H and O–H groups in total. The van der Waals surface area contributed by atoms with Gasteiger partial charge >= 0.3 is 0 Å². The fourth-order valence-electron chi connectivity index (χ4n) is 3.01. The summed E-state index contributed by atoms with van der Waals surface area (Å²) in [7, 11) is 0. The van der Waals surface area contributed by atoms with Crippen LogP contribution in [0, 0.1) is 11.6 Å². The standard InChI is InChI=1S/C16H17F2NO3/c17-11-3-4-14(18)13(6-11)15-7-12(20)8-19(15)16(21)10-2-1-5-22-9-10/h3-4,6,9,12,15,20H,1-2,5,7-8H2/t12-,15-/m0/s1. The summed E-state index contributed by atoms with van der Waals surface area (Å²) in [5.74, 6) is -1.43. The van der Waals surface area contributed by atoms with Gasteiger partial charge in [0.15, 0.2) is 0 Å². The molecule has 118 valence electrons. The van der Waals surface area contributed by atoms with Crippen LogP contribution in [0.4, 0.5) is 8.78 Å². The predicted octanol–water partition coefficient (Wildman–Crippen LogP) is 2.29. The van der Waals surface area contributed by atoms with Crippen molar-refractivity contribution in [2.24, 2.45) is 0 Å². The lowest BCUT2D eigenvalue weighted by atomic mass is 10.0. The van der Waals surface area contributed by atoms with Crippen LogP contribution in [0.2, 0.25) is 0 Å². The number of β-amino-alcohol motifs (C(OH)–C–C–N with tert-alkyl or cyclic N) is 1. The summed E-state index contributed by atoms with van der Waals surface area (Å²) >= 11 is 0. The van der Waals surface area contributed by atoms with Gasteiger partial charge in [-0.1, -0.05) is 0 Å². The molecule has 0 spiro atoms. The first-order valence-electron chi connectivity index (χ1n) is 7.31. The monoisotopic (exact) mass is 309 g/mol. The number of rotatable bonds is 2. The summed E-state index contributed by atoms with van der Waals surface area (Å²) in [6, 6.07) is 2.50. The fourth-order valence-corrected chi connectivity index (χ4v) is 3.01. The highest BCUT2D eigenvalue weighted by atomic mass is 19.1. The number of aliphatic hydroxyl groups excluding tert-OH is 1. The van der Waals surface area contributed by atoms with Crippen LogP contribution in [0.15, 0.2) is 30.0 Å². The molecule has 0 radical (unpaired) electrons. The Morgan fingerprint density at radius 1 is 1.36 bits per heavy atom. The van der Waals surface area contributed by atoms with Gasteiger partial charge in [-0.3, -0.25) is 4.79 Å². The minimum atomic E-state index is -0.748. The van der Waals surface area contributed by atoms with E-state index in [4.69, 9.17) is 4.74 Å². The van der Waals surface area contributed by atoms with Crippen molar-refractivity contribution in [1.29, 1.82) is 0 Å². The highest BCUT2D eigenvalue weighted by molar-refractivity contribution is 5.93. The second-order valence-corrected chi connectivity index (χ2v) is 5.65. The number of nitrogens with zero attached hydrogens (tertiary/aromatic N) is 1. The second-order valence-electron chi connectivity index (χ2n) is 5.65. The summed E-state index contributed by atoms with van der Waals surface area (Å²) in [5.41, 5.74) is 0.601. The Labute approximate surface area is 127 Å². The quantitative estimate of drug-likeness (QED) is 0.912. The van der Waals surface area contributed by atoms with E-state index < -0.39 is 23.8 Å². The van der Waals surface area contributed by atoms with Gasteiger partial charge in [0.05, 0.1) is 30.6 Å². The zero-order chi connectivity index (χ0) is 15.7. The van der Waals surface area contributed by atoms with Crippen molar-refractivity contribution < 1.29 is 23.4 Å². The van der Waals surface area contributed by atoms with E-state index in [1.165, 1.54) is 11.2 Å². The first-order valence-corrected chi connectivity index (χ1v) is 7.31. The third-order valence-electron chi connectivity index (χ3n) is 4.07. The van der Waals surface area contributed by atoms with Gasteiger partial charge in [-0.05, 0) is 37.5 Å². The Bertz CT molecular complexity index is 617. The molecular formula is C16H17F2NO3. The SMILES string of the molecule is O=C(C1=COCCC1)N1C[C@@H](O)C[C@H]1c1cc(F)ccc1F. The van der Waals surface area contributed by atoms with E-state index in [-0.39, 0.29) is 24.4 Å². The van der Waals surface area contributed by atoms with Crippen LogP contribution in [-0.4, -0.2) is 35.2 Å². The number of aliphatic hydroxyl groups is 1. The number of ether oxygens (including phenoxy) is 1. The number of carbonyl (C=O) groups excluding carboxylic acids is 1. The average Bonchev–Trinajstić information content (AvgIpc) is 2.91. The summed E-state index contributed by atoms with van der Waals surface area (Å²) in [5, 5.41) is 9.88. The number of halogens is 2. The lowest BCUT2D eigenvalue weighted by Gasteiger charge is -2.27. The molecule has 2 atom stereocenters. The van der Waals surface area contributed by atoms with Crippen LogP contribution in [0.5, 0.6) is 0 Å². The molecule has 1 saturated heterocycles. The number of carbonyl (C=O) groups is 1. The van der Waals surface area contributed by atoms with Gasteiger partial charge in [0.1, 0.15) is 11.6 Å². The van der Waals surface area contributed by atoms with Crippen molar-refractivity contribution in [2.75, 3.05) is 13.2 Å². The molecule has 1 aromatic rings. The minimum absolute atomic E-state index is 0.0993. The maximum absolute atomic E-state index is 14.0. The van der Waals surface area contributed by atoms with Crippen molar-refractivity contribution in [3.8, 4) is 0 Å². The second kappa shape index (κ2) is 6.04. The molecule has 22 heavy (non-hydrogen) atoms. The van der Waals surface area contributed by atoms with Crippen molar-refractivity contribution in [2.45, 2.75) is 31.4 Å². The Balaban J connectivity index is 1.90. The van der Waals surface area contributed by atoms with Crippen molar-refractivity contribution in [3.05, 3.63) is 47.2 Å². The Morgan fingerprint density at radius 3 is 2.91 bits per heavy atom. The highest BCUT2D eigenvalue weighted by Crippen LogP contribution is 2.35. The summed E-state index contributed by atoms with van der Waals surface area (Å²) in [6.07, 6.45) is 2.20. The molecule has 3 rings (SSSR count). The van der Waals surface area contributed by atoms with E-state index in [1.54, 1.807) is 0 Å². The van der Waals surface area contributed by atoms with E-state index in [0.29, 0.717) is 18.6 Å². The number of amides is 1. The molecule has 1 aromatic carbocycles. The molecule has 2 aliphatic heterocycles. The van der Waals surface area contributed by atoms with Gasteiger partial charge in [0.25, 0.3) is 5.91 Å². The van der Waals surface area contributed by atoms with E-state index >= 15 is 0 Å². The first-order chi connectivity index (χ1) is 10.6. The van der Waals surface area contributed by atoms with Gasteiger partial charge < -0.3 is 14.7 Å². The molecular weight excluding hydrogens is 292 g/mol. The van der Waals surface area contributed by atoms with Gasteiger partial charge in [0, 0.05) is 12.1 Å². The van der Waals surface area contributed by atoms with Crippen LogP contribution in [0.25, 0.3) is 0 Å². The number of benzene rings is 1. The Kier molecular flexibility index (Phi) is 4.11. The van der Waals surface area contributed by atoms with Crippen LogP contribution < -0.4 is 0 Å². The Morgan fingerprint density at radius 2 is 2.18 bits per heavy atom.